The number of hydrogen-bond acceptors (Lipinski definition) is 5. The van der Waals surface area contributed by atoms with Gasteiger partial charge in [0.15, 0.2) is 5.71 Å². The molecule has 0 amide bonds. The van der Waals surface area contributed by atoms with Gasteiger partial charge in [-0.1, -0.05) is 48.5 Å². The van der Waals surface area contributed by atoms with Crippen molar-refractivity contribution in [3.63, 3.8) is 0 Å². The zero-order chi connectivity index (χ0) is 15.2. The topological polar surface area (TPSA) is 72.6 Å². The van der Waals surface area contributed by atoms with Gasteiger partial charge in [-0.15, -0.1) is 0 Å². The number of nitriles is 1. The Morgan fingerprint density at radius 1 is 1.14 bits per heavy atom. The SMILES string of the molecule is N#C/C(=N\Nc1ccccc1)C1=NNC(c2ccccc2)C1. The van der Waals surface area contributed by atoms with Crippen LogP contribution in [-0.4, -0.2) is 11.4 Å². The van der Waals surface area contributed by atoms with Crippen LogP contribution in [-0.2, 0) is 0 Å². The molecule has 0 spiro atoms. The molecule has 0 saturated carbocycles. The average Bonchev–Trinajstić information content (AvgIpc) is 3.07. The Labute approximate surface area is 129 Å². The van der Waals surface area contributed by atoms with Gasteiger partial charge < -0.3 is 5.43 Å². The molecule has 0 bridgehead atoms. The molecule has 2 aromatic carbocycles. The molecular formula is C17H15N5. The number of benzene rings is 2. The van der Waals surface area contributed by atoms with Crippen molar-refractivity contribution in [2.45, 2.75) is 12.5 Å². The Morgan fingerprint density at radius 2 is 1.82 bits per heavy atom. The minimum absolute atomic E-state index is 0.0893. The van der Waals surface area contributed by atoms with Gasteiger partial charge in [0, 0.05) is 6.42 Å². The van der Waals surface area contributed by atoms with Crippen LogP contribution < -0.4 is 10.9 Å². The monoisotopic (exact) mass is 289 g/mol. The van der Waals surface area contributed by atoms with E-state index in [1.54, 1.807) is 0 Å². The summed E-state index contributed by atoms with van der Waals surface area (Å²) in [7, 11) is 0. The number of anilines is 1. The van der Waals surface area contributed by atoms with Crippen molar-refractivity contribution in [1.29, 1.82) is 5.26 Å². The summed E-state index contributed by atoms with van der Waals surface area (Å²) in [4.78, 5) is 0. The lowest BCUT2D eigenvalue weighted by atomic mass is 10.0. The smallest absolute Gasteiger partial charge is 0.183 e. The van der Waals surface area contributed by atoms with Gasteiger partial charge in [0.05, 0.1) is 11.7 Å². The fraction of sp³-hybridized carbons (Fsp3) is 0.118. The van der Waals surface area contributed by atoms with Crippen molar-refractivity contribution in [2.75, 3.05) is 5.43 Å². The van der Waals surface area contributed by atoms with E-state index in [1.165, 1.54) is 0 Å². The molecule has 1 aliphatic heterocycles. The molecule has 1 heterocycles. The average molecular weight is 289 g/mol. The van der Waals surface area contributed by atoms with Crippen LogP contribution in [0.2, 0.25) is 0 Å². The fourth-order valence-corrected chi connectivity index (χ4v) is 2.26. The second-order valence-electron chi connectivity index (χ2n) is 4.91. The number of rotatable bonds is 4. The second-order valence-corrected chi connectivity index (χ2v) is 4.91. The zero-order valence-electron chi connectivity index (χ0n) is 11.9. The Kier molecular flexibility index (Phi) is 4.12. The van der Waals surface area contributed by atoms with Crippen molar-refractivity contribution >= 4 is 17.1 Å². The summed E-state index contributed by atoms with van der Waals surface area (Å²) in [5.41, 5.74) is 8.90. The minimum atomic E-state index is 0.0893. The summed E-state index contributed by atoms with van der Waals surface area (Å²) in [5, 5.41) is 17.7. The van der Waals surface area contributed by atoms with E-state index in [0.717, 1.165) is 11.3 Å². The Bertz CT molecular complexity index is 729. The van der Waals surface area contributed by atoms with E-state index in [9.17, 15) is 5.26 Å². The summed E-state index contributed by atoms with van der Waals surface area (Å²) in [6.07, 6.45) is 0.646. The van der Waals surface area contributed by atoms with Gasteiger partial charge in [0.25, 0.3) is 0 Å². The third kappa shape index (κ3) is 3.13. The Morgan fingerprint density at radius 3 is 2.50 bits per heavy atom. The zero-order valence-corrected chi connectivity index (χ0v) is 11.9. The Balaban J connectivity index is 1.69. The molecule has 0 aromatic heterocycles. The van der Waals surface area contributed by atoms with E-state index in [1.807, 2.05) is 60.7 Å². The van der Waals surface area contributed by atoms with Gasteiger partial charge in [-0.2, -0.15) is 15.5 Å². The Hall–Kier alpha value is -3.13. The maximum Gasteiger partial charge on any atom is 0.183 e. The highest BCUT2D eigenvalue weighted by atomic mass is 15.3. The molecule has 1 unspecified atom stereocenters. The van der Waals surface area contributed by atoms with E-state index in [-0.39, 0.29) is 6.04 Å². The third-order valence-electron chi connectivity index (χ3n) is 3.40. The van der Waals surface area contributed by atoms with Gasteiger partial charge in [-0.25, -0.2) is 0 Å². The van der Waals surface area contributed by atoms with Crippen molar-refractivity contribution in [3.8, 4) is 6.07 Å². The lowest BCUT2D eigenvalue weighted by Gasteiger charge is -2.09. The maximum absolute atomic E-state index is 9.29. The minimum Gasteiger partial charge on any atom is -0.302 e. The molecule has 0 aliphatic carbocycles. The first-order chi connectivity index (χ1) is 10.9. The molecule has 0 fully saturated rings. The van der Waals surface area contributed by atoms with Crippen LogP contribution in [0.3, 0.4) is 0 Å². The van der Waals surface area contributed by atoms with Gasteiger partial charge in [-0.05, 0) is 17.7 Å². The largest absolute Gasteiger partial charge is 0.302 e. The lowest BCUT2D eigenvalue weighted by molar-refractivity contribution is 0.620. The first kappa shape index (κ1) is 13.8. The van der Waals surface area contributed by atoms with Gasteiger partial charge in [0.1, 0.15) is 11.8 Å². The van der Waals surface area contributed by atoms with Crippen molar-refractivity contribution in [1.82, 2.24) is 5.43 Å². The summed E-state index contributed by atoms with van der Waals surface area (Å²) in [5.74, 6) is 0. The highest BCUT2D eigenvalue weighted by Crippen LogP contribution is 2.21. The second kappa shape index (κ2) is 6.55. The van der Waals surface area contributed by atoms with E-state index in [0.29, 0.717) is 17.8 Å². The number of nitrogens with one attached hydrogen (secondary N) is 2. The molecule has 2 aromatic rings. The van der Waals surface area contributed by atoms with Gasteiger partial charge in [0.2, 0.25) is 0 Å². The number of hydrogen-bond donors (Lipinski definition) is 2. The van der Waals surface area contributed by atoms with Crippen LogP contribution in [0.4, 0.5) is 5.69 Å². The normalized spacial score (nSPS) is 17.3. The predicted octanol–water partition coefficient (Wildman–Crippen LogP) is 3.07. The molecule has 3 rings (SSSR count). The van der Waals surface area contributed by atoms with Crippen LogP contribution in [0.1, 0.15) is 18.0 Å². The first-order valence-electron chi connectivity index (χ1n) is 7.03. The number of para-hydroxylation sites is 1. The van der Waals surface area contributed by atoms with Crippen LogP contribution >= 0.6 is 0 Å². The van der Waals surface area contributed by atoms with Crippen molar-refractivity contribution in [3.05, 3.63) is 66.2 Å². The molecule has 1 atom stereocenters. The molecule has 22 heavy (non-hydrogen) atoms. The fourth-order valence-electron chi connectivity index (χ4n) is 2.26. The number of hydrazone groups is 2. The first-order valence-corrected chi connectivity index (χ1v) is 7.03. The van der Waals surface area contributed by atoms with Crippen molar-refractivity contribution in [2.24, 2.45) is 10.2 Å². The quantitative estimate of drug-likeness (QED) is 0.671. The van der Waals surface area contributed by atoms with E-state index >= 15 is 0 Å². The molecule has 1 aliphatic rings. The van der Waals surface area contributed by atoms with Crippen LogP contribution in [0, 0.1) is 11.3 Å². The van der Waals surface area contributed by atoms with E-state index in [4.69, 9.17) is 0 Å². The lowest BCUT2D eigenvalue weighted by Crippen LogP contribution is -2.13. The molecule has 5 heteroatoms. The standard InChI is InChI=1S/C17H15N5/c18-12-17(22-19-14-9-5-2-6-10-14)16-11-15(20-21-16)13-7-3-1-4-8-13/h1-10,15,19-20H,11H2/b22-17+. The summed E-state index contributed by atoms with van der Waals surface area (Å²) < 4.78 is 0. The summed E-state index contributed by atoms with van der Waals surface area (Å²) in [6, 6.07) is 21.8. The highest BCUT2D eigenvalue weighted by molar-refractivity contribution is 6.48. The molecule has 0 radical (unpaired) electrons. The van der Waals surface area contributed by atoms with E-state index in [2.05, 4.69) is 27.1 Å². The third-order valence-corrected chi connectivity index (χ3v) is 3.40. The summed E-state index contributed by atoms with van der Waals surface area (Å²) in [6.45, 7) is 0. The molecule has 0 saturated heterocycles. The molecule has 2 N–H and O–H groups in total. The van der Waals surface area contributed by atoms with Crippen LogP contribution in [0.5, 0.6) is 0 Å². The van der Waals surface area contributed by atoms with Crippen LogP contribution in [0.25, 0.3) is 0 Å². The van der Waals surface area contributed by atoms with Gasteiger partial charge in [-0.3, -0.25) is 5.43 Å². The molecular weight excluding hydrogens is 274 g/mol. The van der Waals surface area contributed by atoms with Gasteiger partial charge >= 0.3 is 0 Å². The summed E-state index contributed by atoms with van der Waals surface area (Å²) >= 11 is 0. The number of nitrogens with zero attached hydrogens (tertiary/aromatic N) is 3. The molecule has 5 nitrogen and oxygen atoms in total. The van der Waals surface area contributed by atoms with Crippen molar-refractivity contribution < 1.29 is 0 Å². The molecule has 108 valence electrons. The van der Waals surface area contributed by atoms with Crippen LogP contribution in [0.15, 0.2) is 70.9 Å². The van der Waals surface area contributed by atoms with E-state index < -0.39 is 0 Å². The maximum atomic E-state index is 9.29. The predicted molar refractivity (Wildman–Crippen MR) is 87.5 cm³/mol. The highest BCUT2D eigenvalue weighted by Gasteiger charge is 2.23.